The minimum atomic E-state index is -3.92. The van der Waals surface area contributed by atoms with Crippen LogP contribution in [0.4, 0.5) is 5.69 Å². The van der Waals surface area contributed by atoms with Crippen molar-refractivity contribution in [1.29, 1.82) is 0 Å². The number of carbonyl (C=O) groups is 2. The molecule has 2 amide bonds. The number of amides is 2. The first kappa shape index (κ1) is 23.0. The number of carbonyl (C=O) groups excluding carboxylic acids is 2. The zero-order valence-corrected chi connectivity index (χ0v) is 20.3. The SMILES string of the molecule is O=C1NC(=S)N(c2ccc(Cl)cc2)C(=O)C1=Cc1cn(S(=O)(=O)c2ccccc2)c2ccccc12. The van der Waals surface area contributed by atoms with Gasteiger partial charge in [0.05, 0.1) is 16.1 Å². The highest BCUT2D eigenvalue weighted by atomic mass is 35.5. The summed E-state index contributed by atoms with van der Waals surface area (Å²) in [4.78, 5) is 27.4. The number of anilines is 1. The van der Waals surface area contributed by atoms with Gasteiger partial charge in [-0.3, -0.25) is 19.8 Å². The van der Waals surface area contributed by atoms with Crippen LogP contribution < -0.4 is 10.2 Å². The Morgan fingerprint density at radius 2 is 1.54 bits per heavy atom. The molecule has 1 aromatic heterocycles. The Hall–Kier alpha value is -3.79. The summed E-state index contributed by atoms with van der Waals surface area (Å²) in [5, 5.41) is 3.51. The fraction of sp³-hybridized carbons (Fsp3) is 0. The van der Waals surface area contributed by atoms with Crippen LogP contribution in [0.5, 0.6) is 0 Å². The second-order valence-electron chi connectivity index (χ2n) is 7.65. The number of fused-ring (bicyclic) bond motifs is 1. The molecule has 174 valence electrons. The highest BCUT2D eigenvalue weighted by molar-refractivity contribution is 7.90. The van der Waals surface area contributed by atoms with E-state index in [0.717, 1.165) is 3.97 Å². The first-order chi connectivity index (χ1) is 16.8. The molecule has 7 nitrogen and oxygen atoms in total. The molecule has 0 unspecified atom stereocenters. The van der Waals surface area contributed by atoms with Gasteiger partial charge < -0.3 is 0 Å². The average Bonchev–Trinajstić information content (AvgIpc) is 3.23. The van der Waals surface area contributed by atoms with Crippen LogP contribution in [-0.4, -0.2) is 29.3 Å². The van der Waals surface area contributed by atoms with E-state index in [9.17, 15) is 18.0 Å². The van der Waals surface area contributed by atoms with Crippen molar-refractivity contribution in [2.24, 2.45) is 0 Å². The van der Waals surface area contributed by atoms with Gasteiger partial charge in [0.2, 0.25) is 0 Å². The predicted molar refractivity (Wildman–Crippen MR) is 139 cm³/mol. The summed E-state index contributed by atoms with van der Waals surface area (Å²) >= 11 is 11.2. The fourth-order valence-electron chi connectivity index (χ4n) is 3.83. The van der Waals surface area contributed by atoms with Gasteiger partial charge in [-0.15, -0.1) is 0 Å². The standard InChI is InChI=1S/C25H16ClN3O4S2/c26-17-10-12-18(13-11-17)29-24(31)21(23(30)27-25(29)34)14-16-15-28(22-9-5-4-8-20(16)22)35(32,33)19-6-2-1-3-7-19/h1-15H,(H,27,30,34). The molecule has 35 heavy (non-hydrogen) atoms. The first-order valence-electron chi connectivity index (χ1n) is 10.3. The van der Waals surface area contributed by atoms with E-state index >= 15 is 0 Å². The molecule has 4 aromatic rings. The summed E-state index contributed by atoms with van der Waals surface area (Å²) in [6, 6.07) is 21.3. The van der Waals surface area contributed by atoms with E-state index in [2.05, 4.69) is 5.32 Å². The number of aromatic nitrogens is 1. The second-order valence-corrected chi connectivity index (χ2v) is 10.3. The number of hydrogen-bond donors (Lipinski definition) is 1. The third-order valence-electron chi connectivity index (χ3n) is 5.50. The number of para-hydroxylation sites is 1. The smallest absolute Gasteiger partial charge is 0.270 e. The minimum absolute atomic E-state index is 0.0615. The monoisotopic (exact) mass is 521 g/mol. The largest absolute Gasteiger partial charge is 0.298 e. The van der Waals surface area contributed by atoms with Gasteiger partial charge in [-0.2, -0.15) is 0 Å². The molecule has 1 fully saturated rings. The summed E-state index contributed by atoms with van der Waals surface area (Å²) < 4.78 is 27.8. The Labute approximate surface area is 211 Å². The van der Waals surface area contributed by atoms with Crippen LogP contribution in [0.25, 0.3) is 17.0 Å². The Balaban J connectivity index is 1.64. The van der Waals surface area contributed by atoms with E-state index in [0.29, 0.717) is 27.2 Å². The lowest BCUT2D eigenvalue weighted by molar-refractivity contribution is -0.122. The van der Waals surface area contributed by atoms with Crippen molar-refractivity contribution < 1.29 is 18.0 Å². The van der Waals surface area contributed by atoms with Crippen LogP contribution in [0.3, 0.4) is 0 Å². The predicted octanol–water partition coefficient (Wildman–Crippen LogP) is 4.36. The van der Waals surface area contributed by atoms with Gasteiger partial charge in [-0.1, -0.05) is 48.0 Å². The van der Waals surface area contributed by atoms with Crippen molar-refractivity contribution in [2.75, 3.05) is 4.90 Å². The molecule has 3 aromatic carbocycles. The van der Waals surface area contributed by atoms with Crippen LogP contribution in [-0.2, 0) is 19.6 Å². The molecule has 0 radical (unpaired) electrons. The number of benzene rings is 3. The van der Waals surface area contributed by atoms with Crippen molar-refractivity contribution >= 4 is 73.4 Å². The topological polar surface area (TPSA) is 88.5 Å². The molecule has 0 bridgehead atoms. The van der Waals surface area contributed by atoms with Crippen molar-refractivity contribution in [1.82, 2.24) is 9.29 Å². The second kappa shape index (κ2) is 8.77. The molecule has 0 saturated carbocycles. The van der Waals surface area contributed by atoms with Gasteiger partial charge >= 0.3 is 0 Å². The van der Waals surface area contributed by atoms with Gasteiger partial charge in [-0.05, 0) is 60.8 Å². The summed E-state index contributed by atoms with van der Waals surface area (Å²) in [6.07, 6.45) is 2.78. The van der Waals surface area contributed by atoms with Crippen molar-refractivity contribution in [3.63, 3.8) is 0 Å². The van der Waals surface area contributed by atoms with Crippen molar-refractivity contribution in [3.05, 3.63) is 101 Å². The molecule has 1 aliphatic heterocycles. The number of halogens is 1. The Bertz CT molecular complexity index is 1640. The molecule has 1 N–H and O–H groups in total. The third kappa shape index (κ3) is 4.03. The zero-order valence-electron chi connectivity index (χ0n) is 17.9. The van der Waals surface area contributed by atoms with Crippen LogP contribution in [0.1, 0.15) is 5.56 Å². The van der Waals surface area contributed by atoms with Gasteiger partial charge in [0.1, 0.15) is 5.57 Å². The van der Waals surface area contributed by atoms with E-state index < -0.39 is 21.8 Å². The number of rotatable bonds is 4. The molecule has 0 atom stereocenters. The zero-order chi connectivity index (χ0) is 24.7. The molecule has 0 aliphatic carbocycles. The minimum Gasteiger partial charge on any atom is -0.298 e. The normalized spacial score (nSPS) is 15.6. The Kier molecular flexibility index (Phi) is 5.76. The van der Waals surface area contributed by atoms with Crippen LogP contribution in [0, 0.1) is 0 Å². The van der Waals surface area contributed by atoms with E-state index in [-0.39, 0.29) is 15.6 Å². The molecule has 0 spiro atoms. The first-order valence-corrected chi connectivity index (χ1v) is 12.6. The van der Waals surface area contributed by atoms with E-state index in [4.69, 9.17) is 23.8 Å². The highest BCUT2D eigenvalue weighted by Crippen LogP contribution is 2.29. The Morgan fingerprint density at radius 3 is 2.26 bits per heavy atom. The van der Waals surface area contributed by atoms with E-state index in [1.807, 2.05) is 0 Å². The molecular formula is C25H16ClN3O4S2. The van der Waals surface area contributed by atoms with Crippen LogP contribution >= 0.6 is 23.8 Å². The maximum atomic E-state index is 13.3. The van der Waals surface area contributed by atoms with E-state index in [1.54, 1.807) is 66.7 Å². The lowest BCUT2D eigenvalue weighted by Gasteiger charge is -2.28. The number of nitrogens with zero attached hydrogens (tertiary/aromatic N) is 2. The van der Waals surface area contributed by atoms with Gasteiger partial charge in [0.25, 0.3) is 21.8 Å². The summed E-state index contributed by atoms with van der Waals surface area (Å²) in [5.74, 6) is -1.31. The Morgan fingerprint density at radius 1 is 0.886 bits per heavy atom. The van der Waals surface area contributed by atoms with Crippen molar-refractivity contribution in [2.45, 2.75) is 4.90 Å². The third-order valence-corrected chi connectivity index (χ3v) is 7.72. The molecule has 1 saturated heterocycles. The molecule has 2 heterocycles. The molecule has 5 rings (SSSR count). The van der Waals surface area contributed by atoms with Crippen LogP contribution in [0.15, 0.2) is 95.5 Å². The van der Waals surface area contributed by atoms with Gasteiger partial charge in [-0.25, -0.2) is 12.4 Å². The quantitative estimate of drug-likeness (QED) is 0.245. The average molecular weight is 522 g/mol. The maximum absolute atomic E-state index is 13.3. The highest BCUT2D eigenvalue weighted by Gasteiger charge is 2.35. The fourth-order valence-corrected chi connectivity index (χ4v) is 5.64. The van der Waals surface area contributed by atoms with Crippen molar-refractivity contribution in [3.8, 4) is 0 Å². The molecular weight excluding hydrogens is 506 g/mol. The lowest BCUT2D eigenvalue weighted by Crippen LogP contribution is -2.54. The molecule has 10 heteroatoms. The van der Waals surface area contributed by atoms with Gasteiger partial charge in [0.15, 0.2) is 5.11 Å². The summed E-state index contributed by atoms with van der Waals surface area (Å²) in [6.45, 7) is 0. The summed E-state index contributed by atoms with van der Waals surface area (Å²) in [7, 11) is -3.92. The van der Waals surface area contributed by atoms with Gasteiger partial charge in [0, 0.05) is 22.2 Å². The number of hydrogen-bond acceptors (Lipinski definition) is 5. The lowest BCUT2D eigenvalue weighted by atomic mass is 10.1. The maximum Gasteiger partial charge on any atom is 0.270 e. The summed E-state index contributed by atoms with van der Waals surface area (Å²) in [5.41, 5.74) is 1.05. The van der Waals surface area contributed by atoms with E-state index in [1.165, 1.54) is 29.3 Å². The number of nitrogens with one attached hydrogen (secondary N) is 1. The molecule has 1 aliphatic rings. The van der Waals surface area contributed by atoms with Crippen LogP contribution in [0.2, 0.25) is 5.02 Å². The number of thiocarbonyl (C=S) groups is 1.